The Morgan fingerprint density at radius 2 is 0.725 bits per heavy atom. The average Bonchev–Trinajstić information content (AvgIpc) is 1.67. The standard InChI is InChI=1S/2C26H29F2N5O3.C25H28F2N6O3.ClH/c2*1-35-22-8-7-18(13-23(22)36-2)19-14-21(25(27)28)33-24(30-19)15-20(31-33)16-3-5-17(6-4-16)26(34)32-11-9-29-10-12-32;1-35-21-6-4-15(11-22(21)36-2)18-12-20(24(26)27)33-23(30-18)13-19(31-33)16-3-5-17(29-14-16)25(34)32-9-7-28-8-10-32;/h2*3-8,13,15,19,21,25,29-30H,9-12,14H2,1-2H3;3-6,11,13-14,18,20,24,28,30H,7-10,12H2,1-2H3;1H/t2*19-,21+;;/m10../s1. The Balaban J connectivity index is 0.000000152. The minimum absolute atomic E-state index is 0. The van der Waals surface area contributed by atoms with Crippen LogP contribution in [0.5, 0.6) is 34.5 Å². The smallest absolute Gasteiger partial charge is 0.272 e. The molecule has 4 aromatic heterocycles. The summed E-state index contributed by atoms with van der Waals surface area (Å²) < 4.78 is 121. The van der Waals surface area contributed by atoms with Gasteiger partial charge in [0.1, 0.15) is 41.3 Å². The van der Waals surface area contributed by atoms with Crippen LogP contribution in [0.4, 0.5) is 43.8 Å². The van der Waals surface area contributed by atoms with Crippen LogP contribution in [0.1, 0.15) is 103 Å². The summed E-state index contributed by atoms with van der Waals surface area (Å²) in [6, 6.07) is 35.0. The topological polar surface area (TPSA) is 259 Å². The monoisotopic (exact) mass is 1530 g/mol. The molecule has 5 aromatic carbocycles. The largest absolute Gasteiger partial charge is 1.00 e. The minimum atomic E-state index is -2.60. The fraction of sp³-hybridized carbons (Fsp3) is 0.390. The highest BCUT2D eigenvalue weighted by Gasteiger charge is 2.39. The Kier molecular flexibility index (Phi) is 25.0. The second kappa shape index (κ2) is 35.1. The third-order valence-corrected chi connectivity index (χ3v) is 20.3. The maximum atomic E-state index is 14.1. The number of pyridine rings is 1. The van der Waals surface area contributed by atoms with Crippen molar-refractivity contribution in [3.63, 3.8) is 0 Å². The normalized spacial score (nSPS) is 19.3. The van der Waals surface area contributed by atoms with Crippen LogP contribution in [0.2, 0.25) is 0 Å². The number of ether oxygens (including phenoxy) is 6. The van der Waals surface area contributed by atoms with E-state index in [-0.39, 0.29) is 67.5 Å². The van der Waals surface area contributed by atoms with E-state index in [1.54, 1.807) is 138 Å². The van der Waals surface area contributed by atoms with Crippen molar-refractivity contribution >= 4 is 35.2 Å². The van der Waals surface area contributed by atoms with Crippen molar-refractivity contribution in [2.75, 3.05) is 137 Å². The van der Waals surface area contributed by atoms with Crippen LogP contribution in [0.15, 0.2) is 140 Å². The summed E-state index contributed by atoms with van der Waals surface area (Å²) in [5, 5.41) is 32.2. The Bertz CT molecular complexity index is 4140. The second-order valence-electron chi connectivity index (χ2n) is 26.8. The number of rotatable bonds is 18. The van der Waals surface area contributed by atoms with Gasteiger partial charge < -0.3 is 87.4 Å². The van der Waals surface area contributed by atoms with Crippen LogP contribution in [-0.4, -0.2) is 207 Å². The molecule has 3 amide bonds. The number of aromatic nitrogens is 7. The lowest BCUT2D eigenvalue weighted by Gasteiger charge is -2.32. The van der Waals surface area contributed by atoms with Crippen LogP contribution in [0.25, 0.3) is 33.8 Å². The summed E-state index contributed by atoms with van der Waals surface area (Å²) in [6.45, 7) is 8.99. The summed E-state index contributed by atoms with van der Waals surface area (Å²) in [4.78, 5) is 48.0. The molecular formula is C77H87ClF6N16O9. The van der Waals surface area contributed by atoms with Crippen LogP contribution < -0.4 is 72.7 Å². The number of amides is 3. The molecular weight excluding hydrogens is 1440 g/mol. The van der Waals surface area contributed by atoms with Crippen molar-refractivity contribution in [2.45, 2.75) is 74.8 Å². The predicted octanol–water partition coefficient (Wildman–Crippen LogP) is 7.30. The summed E-state index contributed by atoms with van der Waals surface area (Å²) in [5.41, 5.74) is 7.82. The quantitative estimate of drug-likeness (QED) is 0.0461. The molecule has 0 bridgehead atoms. The molecule has 0 spiro atoms. The number of hydrogen-bond acceptors (Lipinski definition) is 18. The van der Waals surface area contributed by atoms with E-state index < -0.39 is 37.4 Å². The van der Waals surface area contributed by atoms with E-state index in [0.717, 1.165) is 67.1 Å². The zero-order valence-corrected chi connectivity index (χ0v) is 61.7. The highest BCUT2D eigenvalue weighted by molar-refractivity contribution is 5.96. The van der Waals surface area contributed by atoms with Gasteiger partial charge in [0.05, 0.1) is 104 Å². The number of quaternary nitrogens is 1. The Hall–Kier alpha value is -10.8. The van der Waals surface area contributed by atoms with Gasteiger partial charge in [-0.15, -0.1) is 0 Å². The Morgan fingerprint density at radius 3 is 1.04 bits per heavy atom. The van der Waals surface area contributed by atoms with Crippen molar-refractivity contribution in [3.05, 3.63) is 173 Å². The van der Waals surface area contributed by atoms with Crippen molar-refractivity contribution in [2.24, 2.45) is 0 Å². The molecule has 2 unspecified atom stereocenters. The number of hydrogen-bond donors (Lipinski definition) is 6. The van der Waals surface area contributed by atoms with E-state index in [1.807, 2.05) is 52.3 Å². The van der Waals surface area contributed by atoms with Gasteiger partial charge >= 0.3 is 0 Å². The maximum absolute atomic E-state index is 14.1. The maximum Gasteiger partial charge on any atom is 0.272 e. The molecule has 578 valence electrons. The van der Waals surface area contributed by atoms with Gasteiger partial charge in [0.25, 0.3) is 37.0 Å². The Labute approximate surface area is 632 Å². The number of fused-ring (bicyclic) bond motifs is 3. The summed E-state index contributed by atoms with van der Waals surface area (Å²) in [7, 11) is 9.28. The lowest BCUT2D eigenvalue weighted by atomic mass is 9.97. The lowest BCUT2D eigenvalue weighted by molar-refractivity contribution is -0.661. The lowest BCUT2D eigenvalue weighted by Crippen LogP contribution is -3.00. The van der Waals surface area contributed by atoms with Crippen LogP contribution in [0.3, 0.4) is 0 Å². The highest BCUT2D eigenvalue weighted by atomic mass is 35.5. The molecule has 10 heterocycles. The van der Waals surface area contributed by atoms with Gasteiger partial charge in [0.15, 0.2) is 34.5 Å². The zero-order chi connectivity index (χ0) is 75.7. The molecule has 0 saturated carbocycles. The molecule has 3 fully saturated rings. The number of halogens is 7. The highest BCUT2D eigenvalue weighted by Crippen LogP contribution is 2.46. The number of carbonyl (C=O) groups is 3. The summed E-state index contributed by atoms with van der Waals surface area (Å²) in [5.74, 6) is 4.75. The zero-order valence-electron chi connectivity index (χ0n) is 61.0. The molecule has 6 aliphatic heterocycles. The molecule has 7 N–H and O–H groups in total. The van der Waals surface area contributed by atoms with Gasteiger partial charge in [0.2, 0.25) is 0 Å². The van der Waals surface area contributed by atoms with E-state index in [1.165, 1.54) is 21.2 Å². The van der Waals surface area contributed by atoms with Gasteiger partial charge in [-0.25, -0.2) is 40.4 Å². The van der Waals surface area contributed by atoms with E-state index in [2.05, 4.69) is 52.2 Å². The van der Waals surface area contributed by atoms with Gasteiger partial charge in [-0.2, -0.15) is 15.3 Å². The second-order valence-corrected chi connectivity index (χ2v) is 26.8. The van der Waals surface area contributed by atoms with Crippen LogP contribution in [0, 0.1) is 0 Å². The average molecular weight is 1530 g/mol. The van der Waals surface area contributed by atoms with Crippen molar-refractivity contribution in [1.82, 2.24) is 59.7 Å². The number of methoxy groups -OCH3 is 6. The SMILES string of the molecule is COc1ccc(C2CC(C(F)F)n3nc(-c4ccc(C(=O)N5CC[NH2+]CC5)nc4)cc3N2)cc1OC.COc1ccc([C@@H]2C[C@H](C(F)F)n3nc(-c4ccc(C(=O)N5CCNCC5)cc4)cc3N2)cc1OC.COc1ccc([C@H]2C[C@@H](C(F)F)n3nc(-c4ccc(C(=O)N5CCNCC5)cc4)cc3N2)cc1OC.[Cl-]. The van der Waals surface area contributed by atoms with Crippen molar-refractivity contribution in [1.29, 1.82) is 0 Å². The predicted molar refractivity (Wildman–Crippen MR) is 393 cm³/mol. The van der Waals surface area contributed by atoms with E-state index in [4.69, 9.17) is 28.4 Å². The number of anilines is 3. The third-order valence-electron chi connectivity index (χ3n) is 20.3. The summed E-state index contributed by atoms with van der Waals surface area (Å²) >= 11 is 0. The minimum Gasteiger partial charge on any atom is -1.00 e. The number of alkyl halides is 6. The molecule has 109 heavy (non-hydrogen) atoms. The number of nitrogens with one attached hydrogen (secondary N) is 5. The molecule has 6 aliphatic rings. The molecule has 0 aliphatic carbocycles. The molecule has 6 atom stereocenters. The fourth-order valence-electron chi connectivity index (χ4n) is 14.4. The first-order chi connectivity index (χ1) is 52.4. The Morgan fingerprint density at radius 1 is 0.404 bits per heavy atom. The van der Waals surface area contributed by atoms with Gasteiger partial charge in [-0.1, -0.05) is 42.5 Å². The number of piperazine rings is 3. The van der Waals surface area contributed by atoms with Crippen LogP contribution in [-0.2, 0) is 0 Å². The first-order valence-corrected chi connectivity index (χ1v) is 35.8. The summed E-state index contributed by atoms with van der Waals surface area (Å²) in [6.07, 6.45) is -5.71. The molecule has 9 aromatic rings. The fourth-order valence-corrected chi connectivity index (χ4v) is 14.4. The van der Waals surface area contributed by atoms with Crippen LogP contribution >= 0.6 is 0 Å². The van der Waals surface area contributed by atoms with Gasteiger partial charge in [-0.05, 0) is 109 Å². The number of benzene rings is 5. The van der Waals surface area contributed by atoms with E-state index in [9.17, 15) is 40.7 Å². The molecule has 0 radical (unpaired) electrons. The van der Waals surface area contributed by atoms with E-state index >= 15 is 0 Å². The molecule has 3 saturated heterocycles. The third kappa shape index (κ3) is 17.2. The van der Waals surface area contributed by atoms with E-state index in [0.29, 0.717) is 131 Å². The van der Waals surface area contributed by atoms with Crippen molar-refractivity contribution in [3.8, 4) is 68.3 Å². The first-order valence-electron chi connectivity index (χ1n) is 35.8. The number of nitrogens with zero attached hydrogens (tertiary/aromatic N) is 10. The van der Waals surface area contributed by atoms with Crippen molar-refractivity contribution < 1.29 is 86.9 Å². The van der Waals surface area contributed by atoms with Gasteiger partial charge in [-0.3, -0.25) is 19.4 Å². The molecule has 25 nitrogen and oxygen atoms in total. The number of carbonyl (C=O) groups excluding carboxylic acids is 3. The molecule has 15 rings (SSSR count). The van der Waals surface area contributed by atoms with Gasteiger partial charge in [0, 0.05) is 105 Å². The number of nitrogens with two attached hydrogens (primary N) is 1. The molecule has 32 heteroatoms. The first kappa shape index (κ1) is 77.8.